The second kappa shape index (κ2) is 8.65. The minimum absolute atomic E-state index is 0. The van der Waals surface area contributed by atoms with Gasteiger partial charge in [-0.3, -0.25) is 9.48 Å². The molecule has 1 unspecified atom stereocenters. The van der Waals surface area contributed by atoms with Crippen molar-refractivity contribution in [3.63, 3.8) is 0 Å². The maximum atomic E-state index is 12.5. The Labute approximate surface area is 168 Å². The lowest BCUT2D eigenvalue weighted by molar-refractivity contribution is 0.102. The number of thiazole rings is 1. The Bertz CT molecular complexity index is 899. The molecular weight excluding hydrogens is 382 g/mol. The molecule has 27 heavy (non-hydrogen) atoms. The molecule has 1 saturated heterocycles. The number of hydrogen-bond donors (Lipinski definition) is 2. The van der Waals surface area contributed by atoms with Crippen LogP contribution in [0.25, 0.3) is 10.6 Å². The van der Waals surface area contributed by atoms with Crippen molar-refractivity contribution in [1.82, 2.24) is 20.1 Å². The molecule has 0 saturated carbocycles. The Morgan fingerprint density at radius 1 is 1.30 bits per heavy atom. The average Bonchev–Trinajstić information content (AvgIpc) is 3.32. The zero-order valence-electron chi connectivity index (χ0n) is 15.0. The smallest absolute Gasteiger partial charge is 0.276 e. The maximum Gasteiger partial charge on any atom is 0.276 e. The van der Waals surface area contributed by atoms with Gasteiger partial charge in [0.2, 0.25) is 0 Å². The molecule has 3 aromatic rings. The molecule has 142 valence electrons. The van der Waals surface area contributed by atoms with Gasteiger partial charge in [-0.15, -0.1) is 23.7 Å². The molecular formula is C19H22ClN5OS. The predicted molar refractivity (Wildman–Crippen MR) is 111 cm³/mol. The fourth-order valence-electron chi connectivity index (χ4n) is 3.10. The van der Waals surface area contributed by atoms with Gasteiger partial charge in [-0.2, -0.15) is 5.10 Å². The minimum Gasteiger partial charge on any atom is -0.321 e. The number of anilines is 1. The standard InChI is InChI=1S/C19H21N5OS.ClH/c1-13-12-26-19(21-13)14-4-6-15(7-5-14)22-18(25)17-8-10-24(23-17)16-3-2-9-20-11-16;/h4-8,10,12,16,20H,2-3,9,11H2,1H3,(H,22,25);1H. The zero-order chi connectivity index (χ0) is 17.9. The highest BCUT2D eigenvalue weighted by Gasteiger charge is 2.17. The van der Waals surface area contributed by atoms with Crippen LogP contribution >= 0.6 is 23.7 Å². The molecule has 1 aliphatic heterocycles. The predicted octanol–water partition coefficient (Wildman–Crippen LogP) is 3.91. The number of rotatable bonds is 4. The number of piperidine rings is 1. The van der Waals surface area contributed by atoms with Gasteiger partial charge < -0.3 is 10.6 Å². The van der Waals surface area contributed by atoms with Crippen molar-refractivity contribution in [2.24, 2.45) is 0 Å². The summed E-state index contributed by atoms with van der Waals surface area (Å²) in [6.45, 7) is 3.94. The van der Waals surface area contributed by atoms with E-state index in [1.165, 1.54) is 0 Å². The maximum absolute atomic E-state index is 12.5. The van der Waals surface area contributed by atoms with Crippen molar-refractivity contribution < 1.29 is 4.79 Å². The van der Waals surface area contributed by atoms with E-state index in [-0.39, 0.29) is 18.3 Å². The number of benzene rings is 1. The molecule has 3 heterocycles. The van der Waals surface area contributed by atoms with Gasteiger partial charge in [0.1, 0.15) is 5.01 Å². The third kappa shape index (κ3) is 4.55. The summed E-state index contributed by atoms with van der Waals surface area (Å²) in [4.78, 5) is 16.9. The molecule has 0 bridgehead atoms. The number of nitrogens with zero attached hydrogens (tertiary/aromatic N) is 3. The monoisotopic (exact) mass is 403 g/mol. The van der Waals surface area contributed by atoms with E-state index in [0.29, 0.717) is 11.7 Å². The fraction of sp³-hybridized carbons (Fsp3) is 0.316. The lowest BCUT2D eigenvalue weighted by Gasteiger charge is -2.22. The molecule has 2 aromatic heterocycles. The molecule has 1 fully saturated rings. The number of amides is 1. The third-order valence-corrected chi connectivity index (χ3v) is 5.50. The zero-order valence-corrected chi connectivity index (χ0v) is 16.6. The number of hydrogen-bond acceptors (Lipinski definition) is 5. The van der Waals surface area contributed by atoms with Crippen LogP contribution in [-0.2, 0) is 0 Å². The van der Waals surface area contributed by atoms with Crippen molar-refractivity contribution in [2.75, 3.05) is 18.4 Å². The van der Waals surface area contributed by atoms with Gasteiger partial charge in [0, 0.05) is 35.1 Å². The highest BCUT2D eigenvalue weighted by molar-refractivity contribution is 7.13. The fourth-order valence-corrected chi connectivity index (χ4v) is 3.90. The van der Waals surface area contributed by atoms with Crippen LogP contribution in [0.15, 0.2) is 41.9 Å². The summed E-state index contributed by atoms with van der Waals surface area (Å²) in [5.41, 5.74) is 3.26. The van der Waals surface area contributed by atoms with Crippen LogP contribution in [0, 0.1) is 6.92 Å². The topological polar surface area (TPSA) is 71.8 Å². The quantitative estimate of drug-likeness (QED) is 0.692. The summed E-state index contributed by atoms with van der Waals surface area (Å²) >= 11 is 1.62. The van der Waals surface area contributed by atoms with E-state index in [2.05, 4.69) is 20.7 Å². The molecule has 1 aliphatic rings. The first kappa shape index (κ1) is 19.5. The first-order valence-electron chi connectivity index (χ1n) is 8.79. The summed E-state index contributed by atoms with van der Waals surface area (Å²) in [6, 6.07) is 9.83. The average molecular weight is 404 g/mol. The Morgan fingerprint density at radius 3 is 2.78 bits per heavy atom. The Morgan fingerprint density at radius 2 is 2.11 bits per heavy atom. The molecule has 4 rings (SSSR count). The van der Waals surface area contributed by atoms with Crippen molar-refractivity contribution in [3.8, 4) is 10.6 Å². The van der Waals surface area contributed by atoms with Crippen LogP contribution in [0.2, 0.25) is 0 Å². The van der Waals surface area contributed by atoms with Gasteiger partial charge in [-0.1, -0.05) is 0 Å². The van der Waals surface area contributed by atoms with Gasteiger partial charge in [0.05, 0.1) is 6.04 Å². The molecule has 1 atom stereocenters. The van der Waals surface area contributed by atoms with Crippen molar-refractivity contribution in [2.45, 2.75) is 25.8 Å². The van der Waals surface area contributed by atoms with E-state index in [0.717, 1.165) is 47.9 Å². The summed E-state index contributed by atoms with van der Waals surface area (Å²) in [5.74, 6) is -0.189. The van der Waals surface area contributed by atoms with Gasteiger partial charge in [-0.25, -0.2) is 4.98 Å². The number of halogens is 1. The van der Waals surface area contributed by atoms with Crippen LogP contribution < -0.4 is 10.6 Å². The summed E-state index contributed by atoms with van der Waals surface area (Å²) < 4.78 is 1.90. The number of carbonyl (C=O) groups is 1. The van der Waals surface area contributed by atoms with Gasteiger partial charge >= 0.3 is 0 Å². The number of nitrogens with one attached hydrogen (secondary N) is 2. The van der Waals surface area contributed by atoms with Gasteiger partial charge in [-0.05, 0) is 56.6 Å². The molecule has 0 spiro atoms. The lowest BCUT2D eigenvalue weighted by atomic mass is 10.1. The summed E-state index contributed by atoms with van der Waals surface area (Å²) in [5, 5.41) is 13.7. The molecule has 0 radical (unpaired) electrons. The highest BCUT2D eigenvalue weighted by Crippen LogP contribution is 2.25. The molecule has 6 nitrogen and oxygen atoms in total. The molecule has 2 N–H and O–H groups in total. The molecule has 0 aliphatic carbocycles. The Kier molecular flexibility index (Phi) is 6.26. The van der Waals surface area contributed by atoms with Gasteiger partial charge in [0.15, 0.2) is 5.69 Å². The molecule has 1 amide bonds. The minimum atomic E-state index is -0.189. The largest absolute Gasteiger partial charge is 0.321 e. The second-order valence-corrected chi connectivity index (χ2v) is 7.36. The van der Waals surface area contributed by atoms with Crippen LogP contribution in [0.5, 0.6) is 0 Å². The normalized spacial score (nSPS) is 16.6. The van der Waals surface area contributed by atoms with Crippen molar-refractivity contribution >= 4 is 35.3 Å². The van der Waals surface area contributed by atoms with Crippen LogP contribution in [0.4, 0.5) is 5.69 Å². The SMILES string of the molecule is Cc1csc(-c2ccc(NC(=O)c3ccn(C4CCCNC4)n3)cc2)n1.Cl. The highest BCUT2D eigenvalue weighted by atomic mass is 35.5. The van der Waals surface area contributed by atoms with E-state index < -0.39 is 0 Å². The van der Waals surface area contributed by atoms with E-state index >= 15 is 0 Å². The van der Waals surface area contributed by atoms with Gasteiger partial charge in [0.25, 0.3) is 5.91 Å². The van der Waals surface area contributed by atoms with E-state index in [9.17, 15) is 4.79 Å². The van der Waals surface area contributed by atoms with E-state index in [1.807, 2.05) is 47.4 Å². The number of aromatic nitrogens is 3. The summed E-state index contributed by atoms with van der Waals surface area (Å²) in [7, 11) is 0. The number of aryl methyl sites for hydroxylation is 1. The number of carbonyl (C=O) groups excluding carboxylic acids is 1. The second-order valence-electron chi connectivity index (χ2n) is 6.51. The Hall–Kier alpha value is -2.22. The van der Waals surface area contributed by atoms with Crippen LogP contribution in [0.3, 0.4) is 0 Å². The molecule has 1 aromatic carbocycles. The first-order chi connectivity index (χ1) is 12.7. The third-order valence-electron chi connectivity index (χ3n) is 4.49. The van der Waals surface area contributed by atoms with E-state index in [4.69, 9.17) is 0 Å². The molecule has 8 heteroatoms. The summed E-state index contributed by atoms with van der Waals surface area (Å²) in [6.07, 6.45) is 4.12. The van der Waals surface area contributed by atoms with Crippen LogP contribution in [-0.4, -0.2) is 33.8 Å². The van der Waals surface area contributed by atoms with E-state index in [1.54, 1.807) is 17.4 Å². The van der Waals surface area contributed by atoms with Crippen molar-refractivity contribution in [1.29, 1.82) is 0 Å². The lowest BCUT2D eigenvalue weighted by Crippen LogP contribution is -2.32. The van der Waals surface area contributed by atoms with Crippen molar-refractivity contribution in [3.05, 3.63) is 53.3 Å². The van der Waals surface area contributed by atoms with Crippen LogP contribution in [0.1, 0.15) is 35.1 Å². The first-order valence-corrected chi connectivity index (χ1v) is 9.67. The Balaban J connectivity index is 0.00000210.